The molecule has 0 aromatic carbocycles. The summed E-state index contributed by atoms with van der Waals surface area (Å²) in [6, 6.07) is 0.539. The van der Waals surface area contributed by atoms with Crippen molar-refractivity contribution >= 4 is 41.7 Å². The molecule has 1 fully saturated rings. The van der Waals surface area contributed by atoms with Gasteiger partial charge in [0.2, 0.25) is 0 Å². The molecule has 1 saturated carbocycles. The molecule has 0 radical (unpaired) electrons. The lowest BCUT2D eigenvalue weighted by atomic mass is 10.2. The van der Waals surface area contributed by atoms with Crippen molar-refractivity contribution in [1.82, 2.24) is 25.4 Å². The number of nitrogens with one attached hydrogen (secondary N) is 2. The molecule has 24 heavy (non-hydrogen) atoms. The monoisotopic (exact) mass is 464 g/mol. The molecule has 1 aliphatic heterocycles. The maximum Gasteiger partial charge on any atom is 0.191 e. The summed E-state index contributed by atoms with van der Waals surface area (Å²) in [5.74, 6) is 3.02. The van der Waals surface area contributed by atoms with Gasteiger partial charge in [0, 0.05) is 30.8 Å². The number of aliphatic imine (C=N–C) groups is 1. The molecule has 6 nitrogen and oxygen atoms in total. The highest BCUT2D eigenvalue weighted by Crippen LogP contribution is 2.28. The molecule has 2 atom stereocenters. The molecule has 8 heteroatoms. The summed E-state index contributed by atoms with van der Waals surface area (Å²) >= 11 is 1.98. The molecule has 136 valence electrons. The van der Waals surface area contributed by atoms with Crippen molar-refractivity contribution < 1.29 is 0 Å². The predicted octanol–water partition coefficient (Wildman–Crippen LogP) is 2.57. The maximum atomic E-state index is 4.74. The fourth-order valence-corrected chi connectivity index (χ4v) is 4.23. The third kappa shape index (κ3) is 5.00. The Morgan fingerprint density at radius 1 is 1.33 bits per heavy atom. The molecule has 2 aliphatic rings. The van der Waals surface area contributed by atoms with E-state index in [1.54, 1.807) is 0 Å². The molecular weight excluding hydrogens is 435 g/mol. The van der Waals surface area contributed by atoms with Gasteiger partial charge in [-0.05, 0) is 45.3 Å². The van der Waals surface area contributed by atoms with Crippen molar-refractivity contribution in [3.63, 3.8) is 0 Å². The SMILES string of the molecule is CCNC(=NCc1nnc2n1CCCC2)NC1CCC(SC)C1.I. The normalized spacial score (nSPS) is 23.5. The minimum absolute atomic E-state index is 0. The van der Waals surface area contributed by atoms with Gasteiger partial charge in [0.25, 0.3) is 0 Å². The Morgan fingerprint density at radius 3 is 2.96 bits per heavy atom. The van der Waals surface area contributed by atoms with Crippen LogP contribution in [0.2, 0.25) is 0 Å². The van der Waals surface area contributed by atoms with E-state index >= 15 is 0 Å². The average Bonchev–Trinajstić information content (AvgIpc) is 3.19. The summed E-state index contributed by atoms with van der Waals surface area (Å²) in [5, 5.41) is 16.4. The zero-order valence-electron chi connectivity index (χ0n) is 14.6. The third-order valence-corrected chi connectivity index (χ3v) is 5.81. The van der Waals surface area contributed by atoms with E-state index in [4.69, 9.17) is 4.99 Å². The van der Waals surface area contributed by atoms with E-state index in [2.05, 4.69) is 38.6 Å². The summed E-state index contributed by atoms with van der Waals surface area (Å²) in [7, 11) is 0. The van der Waals surface area contributed by atoms with Crippen molar-refractivity contribution in [1.29, 1.82) is 0 Å². The Bertz CT molecular complexity index is 547. The average molecular weight is 464 g/mol. The van der Waals surface area contributed by atoms with Crippen LogP contribution in [0.25, 0.3) is 0 Å². The number of thioether (sulfide) groups is 1. The molecule has 0 amide bonds. The molecule has 3 rings (SSSR count). The van der Waals surface area contributed by atoms with Crippen LogP contribution < -0.4 is 10.6 Å². The second-order valence-electron chi connectivity index (χ2n) is 6.35. The summed E-state index contributed by atoms with van der Waals surface area (Å²) in [5.41, 5.74) is 0. The number of hydrogen-bond donors (Lipinski definition) is 2. The fourth-order valence-electron chi connectivity index (χ4n) is 3.43. The lowest BCUT2D eigenvalue weighted by Gasteiger charge is -2.17. The van der Waals surface area contributed by atoms with Gasteiger partial charge in [-0.2, -0.15) is 11.8 Å². The Hall–Kier alpha value is -0.510. The molecule has 0 bridgehead atoms. The third-order valence-electron chi connectivity index (χ3n) is 4.72. The van der Waals surface area contributed by atoms with Crippen molar-refractivity contribution in [3.8, 4) is 0 Å². The van der Waals surface area contributed by atoms with Gasteiger partial charge in [-0.1, -0.05) is 0 Å². The zero-order chi connectivity index (χ0) is 16.1. The lowest BCUT2D eigenvalue weighted by molar-refractivity contribution is 0.507. The standard InChI is InChI=1S/C16H28N6S.HI/c1-3-17-16(19-12-7-8-13(10-12)23-2)18-11-15-21-20-14-6-4-5-9-22(14)15;/h12-13H,3-11H2,1-2H3,(H2,17,18,19);1H. The first-order valence-corrected chi connectivity index (χ1v) is 10.1. The molecule has 1 aromatic heterocycles. The fraction of sp³-hybridized carbons (Fsp3) is 0.812. The van der Waals surface area contributed by atoms with Gasteiger partial charge in [0.05, 0.1) is 0 Å². The first-order chi connectivity index (χ1) is 11.3. The van der Waals surface area contributed by atoms with Crippen LogP contribution in [0.1, 0.15) is 50.7 Å². The summed E-state index contributed by atoms with van der Waals surface area (Å²) in [4.78, 5) is 4.74. The van der Waals surface area contributed by atoms with Crippen LogP contribution in [0.3, 0.4) is 0 Å². The highest BCUT2D eigenvalue weighted by Gasteiger charge is 2.24. The number of guanidine groups is 1. The van der Waals surface area contributed by atoms with Gasteiger partial charge in [0.1, 0.15) is 12.4 Å². The van der Waals surface area contributed by atoms with Crippen LogP contribution in [0.5, 0.6) is 0 Å². The van der Waals surface area contributed by atoms with E-state index in [-0.39, 0.29) is 24.0 Å². The van der Waals surface area contributed by atoms with E-state index in [9.17, 15) is 0 Å². The second-order valence-corrected chi connectivity index (χ2v) is 7.49. The Balaban J connectivity index is 0.00000208. The van der Waals surface area contributed by atoms with Crippen LogP contribution >= 0.6 is 35.7 Å². The van der Waals surface area contributed by atoms with Gasteiger partial charge in [-0.15, -0.1) is 34.2 Å². The molecule has 0 saturated heterocycles. The Morgan fingerprint density at radius 2 is 2.21 bits per heavy atom. The second kappa shape index (κ2) is 9.84. The van der Waals surface area contributed by atoms with Gasteiger partial charge in [0.15, 0.2) is 11.8 Å². The number of rotatable bonds is 5. The topological polar surface area (TPSA) is 67.1 Å². The van der Waals surface area contributed by atoms with E-state index in [1.165, 1.54) is 32.1 Å². The van der Waals surface area contributed by atoms with E-state index in [0.29, 0.717) is 12.6 Å². The Kier molecular flexibility index (Phi) is 8.12. The van der Waals surface area contributed by atoms with Gasteiger partial charge < -0.3 is 15.2 Å². The minimum atomic E-state index is 0. The smallest absolute Gasteiger partial charge is 0.191 e. The molecule has 2 unspecified atom stereocenters. The number of hydrogen-bond acceptors (Lipinski definition) is 4. The highest BCUT2D eigenvalue weighted by atomic mass is 127. The quantitative estimate of drug-likeness (QED) is 0.399. The van der Waals surface area contributed by atoms with E-state index in [0.717, 1.165) is 42.4 Å². The van der Waals surface area contributed by atoms with Crippen molar-refractivity contribution in [2.75, 3.05) is 12.8 Å². The van der Waals surface area contributed by atoms with Crippen molar-refractivity contribution in [2.24, 2.45) is 4.99 Å². The molecule has 0 spiro atoms. The van der Waals surface area contributed by atoms with Gasteiger partial charge in [-0.3, -0.25) is 0 Å². The van der Waals surface area contributed by atoms with Crippen LogP contribution in [-0.2, 0) is 19.5 Å². The van der Waals surface area contributed by atoms with Crippen molar-refractivity contribution in [3.05, 3.63) is 11.6 Å². The predicted molar refractivity (Wildman–Crippen MR) is 111 cm³/mol. The number of aryl methyl sites for hydroxylation is 1. The first kappa shape index (κ1) is 19.8. The van der Waals surface area contributed by atoms with Gasteiger partial charge >= 0.3 is 0 Å². The minimum Gasteiger partial charge on any atom is -0.357 e. The molecule has 1 aromatic rings. The Labute approximate surface area is 166 Å². The summed E-state index contributed by atoms with van der Waals surface area (Å²) in [6.45, 7) is 4.62. The summed E-state index contributed by atoms with van der Waals surface area (Å²) < 4.78 is 2.25. The first-order valence-electron chi connectivity index (χ1n) is 8.78. The molecule has 1 aliphatic carbocycles. The van der Waals surface area contributed by atoms with Crippen molar-refractivity contribution in [2.45, 2.75) is 69.8 Å². The number of fused-ring (bicyclic) bond motifs is 1. The van der Waals surface area contributed by atoms with E-state index < -0.39 is 0 Å². The largest absolute Gasteiger partial charge is 0.357 e. The zero-order valence-corrected chi connectivity index (χ0v) is 17.8. The molecule has 2 N–H and O–H groups in total. The summed E-state index contributed by atoms with van der Waals surface area (Å²) in [6.07, 6.45) is 9.47. The highest BCUT2D eigenvalue weighted by molar-refractivity contribution is 14.0. The van der Waals surface area contributed by atoms with Gasteiger partial charge in [-0.25, -0.2) is 4.99 Å². The van der Waals surface area contributed by atoms with Crippen LogP contribution in [0.4, 0.5) is 0 Å². The van der Waals surface area contributed by atoms with Crippen LogP contribution in [0.15, 0.2) is 4.99 Å². The molecular formula is C16H29IN6S. The number of nitrogens with zero attached hydrogens (tertiary/aromatic N) is 4. The molecule has 2 heterocycles. The van der Waals surface area contributed by atoms with Crippen LogP contribution in [-0.4, -0.2) is 44.8 Å². The number of aromatic nitrogens is 3. The van der Waals surface area contributed by atoms with E-state index in [1.807, 2.05) is 11.8 Å². The number of halogens is 1. The lowest BCUT2D eigenvalue weighted by Crippen LogP contribution is -2.42. The van der Waals surface area contributed by atoms with Crippen LogP contribution in [0, 0.1) is 0 Å². The maximum absolute atomic E-state index is 4.74.